The van der Waals surface area contributed by atoms with Gasteiger partial charge in [-0.15, -0.1) is 0 Å². The minimum atomic E-state index is -0.322. The van der Waals surface area contributed by atoms with Crippen molar-refractivity contribution in [2.45, 2.75) is 38.1 Å². The highest BCUT2D eigenvalue weighted by atomic mass is 16.3. The molecule has 25 heavy (non-hydrogen) atoms. The van der Waals surface area contributed by atoms with Crippen molar-refractivity contribution in [3.63, 3.8) is 0 Å². The fourth-order valence-electron chi connectivity index (χ4n) is 5.88. The lowest BCUT2D eigenvalue weighted by Crippen LogP contribution is -2.62. The van der Waals surface area contributed by atoms with Gasteiger partial charge in [-0.3, -0.25) is 9.59 Å². The van der Waals surface area contributed by atoms with Gasteiger partial charge in [-0.25, -0.2) is 0 Å². The van der Waals surface area contributed by atoms with E-state index in [1.54, 1.807) is 6.07 Å². The van der Waals surface area contributed by atoms with Crippen LogP contribution in [0.1, 0.15) is 42.7 Å². The van der Waals surface area contributed by atoms with Gasteiger partial charge < -0.3 is 15.5 Å². The highest BCUT2D eigenvalue weighted by Crippen LogP contribution is 2.59. The van der Waals surface area contributed by atoms with Crippen molar-refractivity contribution in [1.82, 2.24) is 5.32 Å². The van der Waals surface area contributed by atoms with Crippen molar-refractivity contribution < 1.29 is 14.0 Å². The summed E-state index contributed by atoms with van der Waals surface area (Å²) < 4.78 is 5.70. The van der Waals surface area contributed by atoms with E-state index in [0.29, 0.717) is 23.5 Å². The number of nitrogens with two attached hydrogens (primary N) is 1. The molecule has 2 amide bonds. The van der Waals surface area contributed by atoms with E-state index in [1.807, 2.05) is 24.3 Å². The minimum Gasteiger partial charge on any atom is -0.451 e. The molecule has 6 rings (SSSR count). The zero-order valence-corrected chi connectivity index (χ0v) is 14.0. The molecule has 4 fully saturated rings. The summed E-state index contributed by atoms with van der Waals surface area (Å²) in [5.74, 6) is 1.36. The Bertz CT molecular complexity index is 822. The summed E-state index contributed by atoms with van der Waals surface area (Å²) in [6.07, 6.45) is 4.77. The zero-order valence-electron chi connectivity index (χ0n) is 14.0. The predicted molar refractivity (Wildman–Crippen MR) is 92.7 cm³/mol. The lowest BCUT2D eigenvalue weighted by atomic mass is 9.47. The summed E-state index contributed by atoms with van der Waals surface area (Å²) in [4.78, 5) is 24.7. The number of benzene rings is 1. The van der Waals surface area contributed by atoms with Gasteiger partial charge in [0.05, 0.1) is 0 Å². The number of nitrogens with one attached hydrogen (secondary N) is 1. The molecule has 1 aromatic carbocycles. The highest BCUT2D eigenvalue weighted by molar-refractivity contribution is 5.96. The van der Waals surface area contributed by atoms with E-state index in [2.05, 4.69) is 5.32 Å². The lowest BCUT2D eigenvalue weighted by molar-refractivity contribution is -0.145. The molecule has 4 aliphatic rings. The Hall–Kier alpha value is -2.30. The molecule has 0 saturated heterocycles. The predicted octanol–water partition coefficient (Wildman–Crippen LogP) is 2.84. The number of primary amides is 1. The van der Waals surface area contributed by atoms with Crippen LogP contribution in [0, 0.1) is 23.2 Å². The largest absolute Gasteiger partial charge is 0.451 e. The normalized spacial score (nSPS) is 35.8. The number of fused-ring (bicyclic) bond motifs is 1. The van der Waals surface area contributed by atoms with Crippen molar-refractivity contribution in [1.29, 1.82) is 0 Å². The Labute approximate surface area is 145 Å². The first-order valence-corrected chi connectivity index (χ1v) is 9.13. The molecule has 2 unspecified atom stereocenters. The average molecular weight is 338 g/mol. The van der Waals surface area contributed by atoms with Gasteiger partial charge in [-0.05, 0) is 62.0 Å². The number of para-hydroxylation sites is 1. The molecule has 5 nitrogen and oxygen atoms in total. The van der Waals surface area contributed by atoms with Crippen LogP contribution in [0.2, 0.25) is 0 Å². The minimum absolute atomic E-state index is 0.129. The fourth-order valence-corrected chi connectivity index (χ4v) is 5.88. The first kappa shape index (κ1) is 15.0. The van der Waals surface area contributed by atoms with E-state index in [9.17, 15) is 9.59 Å². The summed E-state index contributed by atoms with van der Waals surface area (Å²) in [6.45, 7) is 0. The van der Waals surface area contributed by atoms with E-state index in [-0.39, 0.29) is 23.3 Å². The van der Waals surface area contributed by atoms with Crippen LogP contribution in [0.4, 0.5) is 0 Å². The smallest absolute Gasteiger partial charge is 0.287 e. The molecule has 130 valence electrons. The molecule has 1 aromatic heterocycles. The maximum Gasteiger partial charge on any atom is 0.287 e. The fraction of sp³-hybridized carbons (Fsp3) is 0.500. The molecule has 4 aliphatic carbocycles. The molecule has 4 bridgehead atoms. The summed E-state index contributed by atoms with van der Waals surface area (Å²) in [7, 11) is 0. The van der Waals surface area contributed by atoms with E-state index in [1.165, 1.54) is 0 Å². The number of furan rings is 1. The van der Waals surface area contributed by atoms with Gasteiger partial charge in [0.15, 0.2) is 5.76 Å². The summed E-state index contributed by atoms with van der Waals surface area (Å²) in [6, 6.07) is 9.56. The van der Waals surface area contributed by atoms with Crippen molar-refractivity contribution in [3.8, 4) is 0 Å². The molecule has 1 heterocycles. The Morgan fingerprint density at radius 1 is 1.12 bits per heavy atom. The second kappa shape index (κ2) is 5.10. The summed E-state index contributed by atoms with van der Waals surface area (Å²) in [5.41, 5.74) is 6.14. The van der Waals surface area contributed by atoms with Crippen LogP contribution in [-0.2, 0) is 4.79 Å². The highest BCUT2D eigenvalue weighted by Gasteiger charge is 2.58. The van der Waals surface area contributed by atoms with Gasteiger partial charge in [0, 0.05) is 16.8 Å². The van der Waals surface area contributed by atoms with Crippen molar-refractivity contribution >= 4 is 22.8 Å². The molecular formula is C20H22N2O3. The van der Waals surface area contributed by atoms with Crippen LogP contribution in [0.15, 0.2) is 34.7 Å². The Kier molecular flexibility index (Phi) is 3.06. The Morgan fingerprint density at radius 3 is 2.52 bits per heavy atom. The van der Waals surface area contributed by atoms with Crippen LogP contribution < -0.4 is 11.1 Å². The quantitative estimate of drug-likeness (QED) is 0.902. The third kappa shape index (κ3) is 2.21. The number of amides is 2. The van der Waals surface area contributed by atoms with Crippen molar-refractivity contribution in [2.75, 3.05) is 0 Å². The van der Waals surface area contributed by atoms with Gasteiger partial charge in [0.25, 0.3) is 5.91 Å². The van der Waals surface area contributed by atoms with Gasteiger partial charge in [0.1, 0.15) is 5.58 Å². The van der Waals surface area contributed by atoms with Crippen LogP contribution in [0.3, 0.4) is 0 Å². The second-order valence-electron chi connectivity index (χ2n) is 8.26. The summed E-state index contributed by atoms with van der Waals surface area (Å²) >= 11 is 0. The number of rotatable bonds is 3. The number of carbonyl (C=O) groups is 2. The third-order valence-corrected chi connectivity index (χ3v) is 6.74. The monoisotopic (exact) mass is 338 g/mol. The molecule has 2 atom stereocenters. The molecule has 2 aromatic rings. The molecule has 5 heteroatoms. The first-order chi connectivity index (χ1) is 12.0. The van der Waals surface area contributed by atoms with E-state index < -0.39 is 0 Å². The van der Waals surface area contributed by atoms with E-state index in [0.717, 1.165) is 43.1 Å². The van der Waals surface area contributed by atoms with Crippen LogP contribution >= 0.6 is 0 Å². The number of carbonyl (C=O) groups excluding carboxylic acids is 2. The number of hydrogen-bond acceptors (Lipinski definition) is 3. The van der Waals surface area contributed by atoms with Crippen molar-refractivity contribution in [3.05, 3.63) is 36.1 Å². The molecule has 4 saturated carbocycles. The molecule has 0 radical (unpaired) electrons. The number of hydrogen-bond donors (Lipinski definition) is 2. The molecule has 3 N–H and O–H groups in total. The van der Waals surface area contributed by atoms with Gasteiger partial charge in [-0.2, -0.15) is 0 Å². The molecule has 0 spiro atoms. The lowest BCUT2D eigenvalue weighted by Gasteiger charge is -2.58. The third-order valence-electron chi connectivity index (χ3n) is 6.74. The molecular weight excluding hydrogens is 316 g/mol. The topological polar surface area (TPSA) is 85.3 Å². The SMILES string of the molecule is NC(=O)C12CC3CC(C1)C(NC(=O)c1cc4ccccc4o1)C(C3)C2. The second-order valence-corrected chi connectivity index (χ2v) is 8.26. The maximum atomic E-state index is 12.7. The van der Waals surface area contributed by atoms with E-state index >= 15 is 0 Å². The van der Waals surface area contributed by atoms with E-state index in [4.69, 9.17) is 10.2 Å². The van der Waals surface area contributed by atoms with Gasteiger partial charge in [-0.1, -0.05) is 18.2 Å². The van der Waals surface area contributed by atoms with Gasteiger partial charge in [0.2, 0.25) is 5.91 Å². The van der Waals surface area contributed by atoms with Crippen LogP contribution in [0.25, 0.3) is 11.0 Å². The zero-order chi connectivity index (χ0) is 17.2. The summed E-state index contributed by atoms with van der Waals surface area (Å²) in [5, 5.41) is 4.15. The van der Waals surface area contributed by atoms with Gasteiger partial charge >= 0.3 is 0 Å². The standard InChI is InChI=1S/C20H22N2O3/c21-19(24)20-8-11-5-13(9-20)17(14(6-11)10-20)22-18(23)16-7-12-3-1-2-4-15(12)25-16/h1-4,7,11,13-14,17H,5-6,8-10H2,(H2,21,24)(H,22,23). The Morgan fingerprint density at radius 2 is 1.84 bits per heavy atom. The van der Waals surface area contributed by atoms with Crippen LogP contribution in [-0.4, -0.2) is 17.9 Å². The van der Waals surface area contributed by atoms with Crippen molar-refractivity contribution in [2.24, 2.45) is 28.9 Å². The molecule has 0 aliphatic heterocycles. The Balaban J connectivity index is 1.38. The average Bonchev–Trinajstić information content (AvgIpc) is 3.01. The first-order valence-electron chi connectivity index (χ1n) is 9.13. The van der Waals surface area contributed by atoms with Crippen LogP contribution in [0.5, 0.6) is 0 Å². The maximum absolute atomic E-state index is 12.7.